The molecule has 0 bridgehead atoms. The van der Waals surface area contributed by atoms with Gasteiger partial charge in [0.15, 0.2) is 0 Å². The van der Waals surface area contributed by atoms with Crippen LogP contribution < -0.4 is 5.32 Å². The SMILES string of the molecule is CCc1ccc(CNCC2CCOC2)cc1. The molecule has 16 heavy (non-hydrogen) atoms. The van der Waals surface area contributed by atoms with E-state index in [0.717, 1.165) is 38.6 Å². The van der Waals surface area contributed by atoms with Gasteiger partial charge in [-0.25, -0.2) is 0 Å². The van der Waals surface area contributed by atoms with E-state index in [9.17, 15) is 0 Å². The number of ether oxygens (including phenoxy) is 1. The Kier molecular flexibility index (Phi) is 4.37. The van der Waals surface area contributed by atoms with Gasteiger partial charge in [-0.05, 0) is 29.9 Å². The predicted molar refractivity (Wildman–Crippen MR) is 66.5 cm³/mol. The van der Waals surface area contributed by atoms with E-state index in [0.29, 0.717) is 0 Å². The maximum Gasteiger partial charge on any atom is 0.0507 e. The van der Waals surface area contributed by atoms with Crippen LogP contribution in [0.2, 0.25) is 0 Å². The largest absolute Gasteiger partial charge is 0.381 e. The molecule has 0 aliphatic carbocycles. The number of hydrogen-bond donors (Lipinski definition) is 1. The zero-order chi connectivity index (χ0) is 11.2. The third-order valence-electron chi connectivity index (χ3n) is 3.22. The van der Waals surface area contributed by atoms with Crippen LogP contribution in [-0.4, -0.2) is 19.8 Å². The van der Waals surface area contributed by atoms with Crippen molar-refractivity contribution in [2.75, 3.05) is 19.8 Å². The summed E-state index contributed by atoms with van der Waals surface area (Å²) in [4.78, 5) is 0. The predicted octanol–water partition coefficient (Wildman–Crippen LogP) is 2.38. The van der Waals surface area contributed by atoms with Crippen molar-refractivity contribution in [1.29, 1.82) is 0 Å². The summed E-state index contributed by atoms with van der Waals surface area (Å²) < 4.78 is 5.35. The van der Waals surface area contributed by atoms with Gasteiger partial charge in [-0.2, -0.15) is 0 Å². The third-order valence-corrected chi connectivity index (χ3v) is 3.22. The van der Waals surface area contributed by atoms with Crippen molar-refractivity contribution in [2.45, 2.75) is 26.3 Å². The fourth-order valence-corrected chi connectivity index (χ4v) is 2.06. The molecule has 1 fully saturated rings. The van der Waals surface area contributed by atoms with Crippen LogP contribution in [0.25, 0.3) is 0 Å². The Morgan fingerprint density at radius 1 is 1.25 bits per heavy atom. The van der Waals surface area contributed by atoms with Gasteiger partial charge in [0.2, 0.25) is 0 Å². The van der Waals surface area contributed by atoms with E-state index in [-0.39, 0.29) is 0 Å². The highest BCUT2D eigenvalue weighted by Gasteiger charge is 2.14. The molecule has 0 radical (unpaired) electrons. The Morgan fingerprint density at radius 2 is 2.00 bits per heavy atom. The molecule has 0 saturated carbocycles. The molecule has 88 valence electrons. The molecule has 1 N–H and O–H groups in total. The van der Waals surface area contributed by atoms with Gasteiger partial charge in [-0.3, -0.25) is 0 Å². The van der Waals surface area contributed by atoms with Crippen LogP contribution in [0.4, 0.5) is 0 Å². The van der Waals surface area contributed by atoms with Crippen molar-refractivity contribution >= 4 is 0 Å². The lowest BCUT2D eigenvalue weighted by atomic mass is 10.1. The van der Waals surface area contributed by atoms with Crippen LogP contribution in [0.3, 0.4) is 0 Å². The van der Waals surface area contributed by atoms with Gasteiger partial charge >= 0.3 is 0 Å². The van der Waals surface area contributed by atoms with E-state index in [1.807, 2.05) is 0 Å². The summed E-state index contributed by atoms with van der Waals surface area (Å²) >= 11 is 0. The van der Waals surface area contributed by atoms with Gasteiger partial charge in [0.1, 0.15) is 0 Å². The van der Waals surface area contributed by atoms with Crippen molar-refractivity contribution in [2.24, 2.45) is 5.92 Å². The molecular formula is C14H21NO. The van der Waals surface area contributed by atoms with Gasteiger partial charge in [0, 0.05) is 19.7 Å². The summed E-state index contributed by atoms with van der Waals surface area (Å²) in [5.74, 6) is 0.718. The number of benzene rings is 1. The van der Waals surface area contributed by atoms with E-state index in [4.69, 9.17) is 4.74 Å². The van der Waals surface area contributed by atoms with Crippen molar-refractivity contribution in [3.05, 3.63) is 35.4 Å². The highest BCUT2D eigenvalue weighted by Crippen LogP contribution is 2.11. The lowest BCUT2D eigenvalue weighted by Gasteiger charge is -2.09. The zero-order valence-electron chi connectivity index (χ0n) is 10.0. The average Bonchev–Trinajstić information content (AvgIpc) is 2.83. The molecule has 0 aromatic heterocycles. The highest BCUT2D eigenvalue weighted by molar-refractivity contribution is 5.22. The molecule has 1 unspecified atom stereocenters. The van der Waals surface area contributed by atoms with Crippen LogP contribution >= 0.6 is 0 Å². The lowest BCUT2D eigenvalue weighted by molar-refractivity contribution is 0.185. The smallest absolute Gasteiger partial charge is 0.0507 e. The maximum atomic E-state index is 5.35. The number of nitrogens with one attached hydrogen (secondary N) is 1. The number of hydrogen-bond acceptors (Lipinski definition) is 2. The Balaban J connectivity index is 1.71. The molecule has 1 aromatic carbocycles. The van der Waals surface area contributed by atoms with Crippen molar-refractivity contribution in [3.63, 3.8) is 0 Å². The second-order valence-corrected chi connectivity index (χ2v) is 4.53. The minimum atomic E-state index is 0.718. The van der Waals surface area contributed by atoms with Crippen LogP contribution in [-0.2, 0) is 17.7 Å². The Hall–Kier alpha value is -0.860. The number of rotatable bonds is 5. The van der Waals surface area contributed by atoms with Gasteiger partial charge in [-0.15, -0.1) is 0 Å². The van der Waals surface area contributed by atoms with Crippen LogP contribution in [0.5, 0.6) is 0 Å². The first kappa shape index (κ1) is 11.6. The average molecular weight is 219 g/mol. The van der Waals surface area contributed by atoms with Gasteiger partial charge in [0.25, 0.3) is 0 Å². The van der Waals surface area contributed by atoms with Gasteiger partial charge in [0.05, 0.1) is 6.61 Å². The first-order chi connectivity index (χ1) is 7.88. The topological polar surface area (TPSA) is 21.3 Å². The van der Waals surface area contributed by atoms with E-state index in [1.165, 1.54) is 17.5 Å². The molecule has 1 aromatic rings. The van der Waals surface area contributed by atoms with Crippen molar-refractivity contribution < 1.29 is 4.74 Å². The normalized spacial score (nSPS) is 20.2. The standard InChI is InChI=1S/C14H21NO/c1-2-12-3-5-13(6-4-12)9-15-10-14-7-8-16-11-14/h3-6,14-15H,2,7-11H2,1H3. The number of aryl methyl sites for hydroxylation is 1. The quantitative estimate of drug-likeness (QED) is 0.821. The summed E-state index contributed by atoms with van der Waals surface area (Å²) in [6, 6.07) is 8.87. The molecule has 1 aliphatic heterocycles. The van der Waals surface area contributed by atoms with E-state index >= 15 is 0 Å². The first-order valence-corrected chi connectivity index (χ1v) is 6.24. The zero-order valence-corrected chi connectivity index (χ0v) is 10.0. The van der Waals surface area contributed by atoms with Crippen LogP contribution in [0, 0.1) is 5.92 Å². The first-order valence-electron chi connectivity index (χ1n) is 6.24. The maximum absolute atomic E-state index is 5.35. The molecule has 1 atom stereocenters. The molecule has 2 nitrogen and oxygen atoms in total. The van der Waals surface area contributed by atoms with Crippen molar-refractivity contribution in [1.82, 2.24) is 5.32 Å². The van der Waals surface area contributed by atoms with E-state index in [1.54, 1.807) is 0 Å². The fourth-order valence-electron chi connectivity index (χ4n) is 2.06. The Morgan fingerprint density at radius 3 is 2.62 bits per heavy atom. The lowest BCUT2D eigenvalue weighted by Crippen LogP contribution is -2.22. The molecule has 0 amide bonds. The summed E-state index contributed by atoms with van der Waals surface area (Å²) in [5, 5.41) is 3.50. The van der Waals surface area contributed by atoms with E-state index in [2.05, 4.69) is 36.5 Å². The van der Waals surface area contributed by atoms with Gasteiger partial charge in [-0.1, -0.05) is 31.2 Å². The monoisotopic (exact) mass is 219 g/mol. The molecule has 2 rings (SSSR count). The molecule has 0 spiro atoms. The molecule has 1 saturated heterocycles. The third kappa shape index (κ3) is 3.32. The molecule has 1 heterocycles. The summed E-state index contributed by atoms with van der Waals surface area (Å²) in [6.45, 7) is 6.11. The second kappa shape index (κ2) is 6.02. The summed E-state index contributed by atoms with van der Waals surface area (Å²) in [6.07, 6.45) is 2.33. The molecule has 2 heteroatoms. The summed E-state index contributed by atoms with van der Waals surface area (Å²) in [7, 11) is 0. The molecular weight excluding hydrogens is 198 g/mol. The van der Waals surface area contributed by atoms with Crippen LogP contribution in [0.15, 0.2) is 24.3 Å². The molecule has 1 aliphatic rings. The van der Waals surface area contributed by atoms with Crippen LogP contribution in [0.1, 0.15) is 24.5 Å². The van der Waals surface area contributed by atoms with E-state index < -0.39 is 0 Å². The fraction of sp³-hybridized carbons (Fsp3) is 0.571. The summed E-state index contributed by atoms with van der Waals surface area (Å²) in [5.41, 5.74) is 2.78. The minimum absolute atomic E-state index is 0.718. The second-order valence-electron chi connectivity index (χ2n) is 4.53. The Bertz CT molecular complexity index is 301. The highest BCUT2D eigenvalue weighted by atomic mass is 16.5. The van der Waals surface area contributed by atoms with Crippen molar-refractivity contribution in [3.8, 4) is 0 Å². The van der Waals surface area contributed by atoms with Gasteiger partial charge < -0.3 is 10.1 Å². The minimum Gasteiger partial charge on any atom is -0.381 e. The Labute approximate surface area is 98.0 Å².